The average Bonchev–Trinajstić information content (AvgIpc) is 2.05. The minimum Gasteiger partial charge on any atom is -0.341 e. The third kappa shape index (κ3) is 3.95. The van der Waals surface area contributed by atoms with Gasteiger partial charge in [-0.3, -0.25) is 4.79 Å². The van der Waals surface area contributed by atoms with Crippen LogP contribution in [0.5, 0.6) is 0 Å². The summed E-state index contributed by atoms with van der Waals surface area (Å²) in [5.41, 5.74) is 5.21. The van der Waals surface area contributed by atoms with Gasteiger partial charge in [-0.15, -0.1) is 0 Å². The minimum absolute atomic E-state index is 0.0164. The van der Waals surface area contributed by atoms with E-state index in [4.69, 9.17) is 5.73 Å². The van der Waals surface area contributed by atoms with Gasteiger partial charge >= 0.3 is 0 Å². The molecule has 0 rings (SSSR count). The summed E-state index contributed by atoms with van der Waals surface area (Å²) in [6.07, 6.45) is 0. The highest BCUT2D eigenvalue weighted by Crippen LogP contribution is 1.85. The van der Waals surface area contributed by atoms with Gasteiger partial charge in [0, 0.05) is 19.6 Å². The summed E-state index contributed by atoms with van der Waals surface area (Å²) in [5, 5.41) is 2.98. The molecular weight excluding hydrogens is 142 g/mol. The molecule has 0 aromatic rings. The smallest absolute Gasteiger partial charge is 0.236 e. The van der Waals surface area contributed by atoms with Gasteiger partial charge in [0.2, 0.25) is 5.91 Å². The largest absolute Gasteiger partial charge is 0.341 e. The molecule has 11 heavy (non-hydrogen) atoms. The number of nitrogens with two attached hydrogens (primary N) is 1. The monoisotopic (exact) mass is 159 g/mol. The lowest BCUT2D eigenvalue weighted by molar-refractivity contribution is -0.129. The molecule has 66 valence electrons. The maximum Gasteiger partial charge on any atom is 0.236 e. The van der Waals surface area contributed by atoms with Crippen molar-refractivity contribution in [1.82, 2.24) is 10.2 Å². The van der Waals surface area contributed by atoms with Crippen molar-refractivity contribution in [3.63, 3.8) is 0 Å². The SMILES string of the molecule is CCN(CCNC)C(=O)CN. The molecule has 0 atom stereocenters. The van der Waals surface area contributed by atoms with E-state index in [0.29, 0.717) is 0 Å². The van der Waals surface area contributed by atoms with Crippen molar-refractivity contribution in [3.05, 3.63) is 0 Å². The van der Waals surface area contributed by atoms with Crippen molar-refractivity contribution < 1.29 is 4.79 Å². The fourth-order valence-electron chi connectivity index (χ4n) is 0.835. The number of nitrogens with one attached hydrogen (secondary N) is 1. The summed E-state index contributed by atoms with van der Waals surface area (Å²) in [6, 6.07) is 0. The van der Waals surface area contributed by atoms with Crippen LogP contribution in [-0.4, -0.2) is 44.0 Å². The standard InChI is InChI=1S/C7H17N3O/c1-3-10(5-4-9-2)7(11)6-8/h9H,3-6,8H2,1-2H3. The van der Waals surface area contributed by atoms with E-state index < -0.39 is 0 Å². The molecule has 0 unspecified atom stereocenters. The van der Waals surface area contributed by atoms with Gasteiger partial charge in [0.1, 0.15) is 0 Å². The maximum absolute atomic E-state index is 11.0. The first-order valence-electron chi connectivity index (χ1n) is 3.88. The predicted molar refractivity (Wildman–Crippen MR) is 45.2 cm³/mol. The van der Waals surface area contributed by atoms with Crippen LogP contribution in [0.15, 0.2) is 0 Å². The van der Waals surface area contributed by atoms with Gasteiger partial charge in [0.25, 0.3) is 0 Å². The summed E-state index contributed by atoms with van der Waals surface area (Å²) >= 11 is 0. The number of rotatable bonds is 5. The van der Waals surface area contributed by atoms with Crippen LogP contribution in [0.4, 0.5) is 0 Å². The fourth-order valence-corrected chi connectivity index (χ4v) is 0.835. The molecule has 0 saturated carbocycles. The lowest BCUT2D eigenvalue weighted by atomic mass is 10.4. The summed E-state index contributed by atoms with van der Waals surface area (Å²) in [5.74, 6) is 0.0164. The number of hydrogen-bond donors (Lipinski definition) is 2. The van der Waals surface area contributed by atoms with Crippen molar-refractivity contribution in [2.75, 3.05) is 33.2 Å². The summed E-state index contributed by atoms with van der Waals surface area (Å²) in [4.78, 5) is 12.8. The van der Waals surface area contributed by atoms with Crippen molar-refractivity contribution >= 4 is 5.91 Å². The Labute approximate surface area is 67.7 Å². The first-order chi connectivity index (χ1) is 5.26. The maximum atomic E-state index is 11.0. The summed E-state index contributed by atoms with van der Waals surface area (Å²) in [6.45, 7) is 4.35. The highest BCUT2D eigenvalue weighted by atomic mass is 16.2. The van der Waals surface area contributed by atoms with Crippen LogP contribution in [0.3, 0.4) is 0 Å². The highest BCUT2D eigenvalue weighted by molar-refractivity contribution is 5.77. The zero-order chi connectivity index (χ0) is 8.69. The Balaban J connectivity index is 3.65. The van der Waals surface area contributed by atoms with Crippen LogP contribution in [-0.2, 0) is 4.79 Å². The second kappa shape index (κ2) is 6.12. The third-order valence-corrected chi connectivity index (χ3v) is 1.54. The molecule has 0 aliphatic carbocycles. The van der Waals surface area contributed by atoms with Crippen LogP contribution in [0.2, 0.25) is 0 Å². The van der Waals surface area contributed by atoms with E-state index >= 15 is 0 Å². The molecule has 4 heteroatoms. The van der Waals surface area contributed by atoms with Crippen molar-refractivity contribution in [2.45, 2.75) is 6.92 Å². The number of carbonyl (C=O) groups is 1. The molecule has 1 amide bonds. The first kappa shape index (κ1) is 10.4. The fraction of sp³-hybridized carbons (Fsp3) is 0.857. The highest BCUT2D eigenvalue weighted by Gasteiger charge is 2.06. The van der Waals surface area contributed by atoms with Crippen LogP contribution >= 0.6 is 0 Å². The molecule has 0 bridgehead atoms. The van der Waals surface area contributed by atoms with E-state index in [1.54, 1.807) is 4.90 Å². The first-order valence-corrected chi connectivity index (χ1v) is 3.88. The van der Waals surface area contributed by atoms with Gasteiger partial charge in [-0.25, -0.2) is 0 Å². The Morgan fingerprint density at radius 3 is 2.64 bits per heavy atom. The molecule has 0 saturated heterocycles. The lowest BCUT2D eigenvalue weighted by Crippen LogP contribution is -2.39. The van der Waals surface area contributed by atoms with Crippen molar-refractivity contribution in [3.8, 4) is 0 Å². The number of amides is 1. The Morgan fingerprint density at radius 2 is 2.27 bits per heavy atom. The number of nitrogens with zero attached hydrogens (tertiary/aromatic N) is 1. The molecule has 0 fully saturated rings. The van der Waals surface area contributed by atoms with Gasteiger partial charge in [-0.05, 0) is 14.0 Å². The van der Waals surface area contributed by atoms with Gasteiger partial charge in [-0.1, -0.05) is 0 Å². The Kier molecular flexibility index (Phi) is 5.78. The molecule has 0 aliphatic rings. The van der Waals surface area contributed by atoms with Crippen LogP contribution in [0, 0.1) is 0 Å². The zero-order valence-electron chi connectivity index (χ0n) is 7.26. The van der Waals surface area contributed by atoms with Crippen LogP contribution < -0.4 is 11.1 Å². The second-order valence-corrected chi connectivity index (χ2v) is 2.28. The van der Waals surface area contributed by atoms with Gasteiger partial charge < -0.3 is 16.0 Å². The van der Waals surface area contributed by atoms with E-state index in [2.05, 4.69) is 5.32 Å². The van der Waals surface area contributed by atoms with E-state index in [-0.39, 0.29) is 12.5 Å². The summed E-state index contributed by atoms with van der Waals surface area (Å²) < 4.78 is 0. The molecule has 4 nitrogen and oxygen atoms in total. The van der Waals surface area contributed by atoms with E-state index in [1.165, 1.54) is 0 Å². The van der Waals surface area contributed by atoms with Crippen molar-refractivity contribution in [1.29, 1.82) is 0 Å². The normalized spacial score (nSPS) is 9.73. The minimum atomic E-state index is 0.0164. The van der Waals surface area contributed by atoms with E-state index in [0.717, 1.165) is 19.6 Å². The van der Waals surface area contributed by atoms with Crippen LogP contribution in [0.1, 0.15) is 6.92 Å². The van der Waals surface area contributed by atoms with E-state index in [9.17, 15) is 4.79 Å². The topological polar surface area (TPSA) is 58.4 Å². The molecule has 3 N–H and O–H groups in total. The van der Waals surface area contributed by atoms with Gasteiger partial charge in [0.15, 0.2) is 0 Å². The summed E-state index contributed by atoms with van der Waals surface area (Å²) in [7, 11) is 1.86. The number of carbonyl (C=O) groups excluding carboxylic acids is 1. The molecule has 0 spiro atoms. The van der Waals surface area contributed by atoms with Crippen molar-refractivity contribution in [2.24, 2.45) is 5.73 Å². The average molecular weight is 159 g/mol. The third-order valence-electron chi connectivity index (χ3n) is 1.54. The molecule has 0 aromatic heterocycles. The lowest BCUT2D eigenvalue weighted by Gasteiger charge is -2.19. The molecular formula is C7H17N3O. The van der Waals surface area contributed by atoms with Gasteiger partial charge in [-0.2, -0.15) is 0 Å². The zero-order valence-corrected chi connectivity index (χ0v) is 7.26. The van der Waals surface area contributed by atoms with Gasteiger partial charge in [0.05, 0.1) is 6.54 Å². The van der Waals surface area contributed by atoms with Crippen LogP contribution in [0.25, 0.3) is 0 Å². The predicted octanol–water partition coefficient (Wildman–Crippen LogP) is -0.987. The molecule has 0 aliphatic heterocycles. The quantitative estimate of drug-likeness (QED) is 0.541. The Morgan fingerprint density at radius 1 is 1.64 bits per heavy atom. The molecule has 0 aromatic carbocycles. The molecule has 0 radical (unpaired) electrons. The number of likely N-dealkylation sites (N-methyl/N-ethyl adjacent to an activating group) is 2. The number of hydrogen-bond acceptors (Lipinski definition) is 3. The molecule has 0 heterocycles. The van der Waals surface area contributed by atoms with E-state index in [1.807, 2.05) is 14.0 Å². The Bertz CT molecular complexity index is 116. The Hall–Kier alpha value is -0.610. The second-order valence-electron chi connectivity index (χ2n) is 2.28.